The number of ether oxygens (including phenoxy) is 2. The Morgan fingerprint density at radius 2 is 1.52 bits per heavy atom. The SMILES string of the molecule is CC(=O)C(OF)C(CCOCc1ccccc1)OCc1ccccc1. The van der Waals surface area contributed by atoms with Gasteiger partial charge in [0.2, 0.25) is 0 Å². The summed E-state index contributed by atoms with van der Waals surface area (Å²) in [6, 6.07) is 19.2. The van der Waals surface area contributed by atoms with E-state index in [1.165, 1.54) is 6.92 Å². The molecule has 0 aliphatic rings. The summed E-state index contributed by atoms with van der Waals surface area (Å²) in [5.74, 6) is -0.413. The van der Waals surface area contributed by atoms with Crippen molar-refractivity contribution in [3.8, 4) is 0 Å². The summed E-state index contributed by atoms with van der Waals surface area (Å²) in [5.41, 5.74) is 1.99. The standard InChI is InChI=1S/C20H23FO4/c1-16(22)20(25-21)19(24-15-18-10-6-3-7-11-18)12-13-23-14-17-8-4-2-5-9-17/h2-11,19-20H,12-15H2,1H3. The minimum Gasteiger partial charge on any atom is -0.377 e. The number of carbonyl (C=O) groups excluding carboxylic acids is 1. The monoisotopic (exact) mass is 346 g/mol. The predicted octanol–water partition coefficient (Wildman–Crippen LogP) is 4.04. The van der Waals surface area contributed by atoms with Gasteiger partial charge in [-0.1, -0.05) is 60.7 Å². The van der Waals surface area contributed by atoms with E-state index in [9.17, 15) is 9.32 Å². The van der Waals surface area contributed by atoms with Crippen LogP contribution >= 0.6 is 0 Å². The summed E-state index contributed by atoms with van der Waals surface area (Å²) in [6.45, 7) is 2.35. The number of carbonyl (C=O) groups is 1. The maximum absolute atomic E-state index is 12.8. The lowest BCUT2D eigenvalue weighted by atomic mass is 10.1. The highest BCUT2D eigenvalue weighted by atomic mass is 19.3. The zero-order chi connectivity index (χ0) is 17.9. The van der Waals surface area contributed by atoms with Crippen molar-refractivity contribution < 1.29 is 23.7 Å². The van der Waals surface area contributed by atoms with E-state index < -0.39 is 18.0 Å². The fraction of sp³-hybridized carbons (Fsp3) is 0.350. The fourth-order valence-corrected chi connectivity index (χ4v) is 2.45. The Kier molecular flexibility index (Phi) is 8.25. The molecule has 2 unspecified atom stereocenters. The van der Waals surface area contributed by atoms with Gasteiger partial charge >= 0.3 is 0 Å². The number of benzene rings is 2. The highest BCUT2D eigenvalue weighted by molar-refractivity contribution is 5.81. The van der Waals surface area contributed by atoms with E-state index in [0.29, 0.717) is 19.6 Å². The van der Waals surface area contributed by atoms with Crippen molar-refractivity contribution in [2.75, 3.05) is 6.61 Å². The van der Waals surface area contributed by atoms with Crippen molar-refractivity contribution in [1.29, 1.82) is 0 Å². The number of Topliss-reactive ketones (excluding diaryl/α,β-unsaturated/α-hetero) is 1. The molecule has 0 saturated carbocycles. The predicted molar refractivity (Wildman–Crippen MR) is 92.4 cm³/mol. The van der Waals surface area contributed by atoms with Gasteiger partial charge in [-0.3, -0.25) is 4.79 Å². The van der Waals surface area contributed by atoms with Crippen molar-refractivity contribution in [2.45, 2.75) is 38.8 Å². The molecule has 4 nitrogen and oxygen atoms in total. The van der Waals surface area contributed by atoms with Crippen LogP contribution in [0.25, 0.3) is 0 Å². The van der Waals surface area contributed by atoms with E-state index in [1.807, 2.05) is 60.7 Å². The summed E-state index contributed by atoms with van der Waals surface area (Å²) < 4.78 is 24.2. The van der Waals surface area contributed by atoms with Crippen LogP contribution in [0.1, 0.15) is 24.5 Å². The Hall–Kier alpha value is -2.08. The van der Waals surface area contributed by atoms with Gasteiger partial charge in [-0.25, -0.2) is 0 Å². The minimum atomic E-state index is -1.25. The summed E-state index contributed by atoms with van der Waals surface area (Å²) >= 11 is 0. The second-order valence-corrected chi connectivity index (χ2v) is 5.78. The van der Waals surface area contributed by atoms with Gasteiger partial charge < -0.3 is 9.47 Å². The third-order valence-electron chi connectivity index (χ3n) is 3.80. The molecule has 0 aliphatic heterocycles. The smallest absolute Gasteiger partial charge is 0.182 e. The van der Waals surface area contributed by atoms with Gasteiger partial charge in [0.15, 0.2) is 11.9 Å². The van der Waals surface area contributed by atoms with E-state index in [4.69, 9.17) is 9.47 Å². The van der Waals surface area contributed by atoms with Gasteiger partial charge in [-0.2, -0.15) is 4.94 Å². The molecular formula is C20H23FO4. The Morgan fingerprint density at radius 1 is 0.960 bits per heavy atom. The van der Waals surface area contributed by atoms with E-state index >= 15 is 0 Å². The average Bonchev–Trinajstić information content (AvgIpc) is 2.64. The molecule has 25 heavy (non-hydrogen) atoms. The molecule has 134 valence electrons. The third-order valence-corrected chi connectivity index (χ3v) is 3.80. The molecule has 0 spiro atoms. The van der Waals surface area contributed by atoms with E-state index in [2.05, 4.69) is 4.94 Å². The van der Waals surface area contributed by atoms with Crippen molar-refractivity contribution in [1.82, 2.24) is 0 Å². The molecule has 0 N–H and O–H groups in total. The third kappa shape index (κ3) is 6.74. The first-order chi connectivity index (χ1) is 12.2. The van der Waals surface area contributed by atoms with Crippen LogP contribution in [0, 0.1) is 0 Å². The van der Waals surface area contributed by atoms with Crippen LogP contribution < -0.4 is 0 Å². The minimum absolute atomic E-state index is 0.275. The summed E-state index contributed by atoms with van der Waals surface area (Å²) in [6.07, 6.45) is -1.60. The Balaban J connectivity index is 1.86. The number of hydrogen-bond donors (Lipinski definition) is 0. The van der Waals surface area contributed by atoms with E-state index in [0.717, 1.165) is 11.1 Å². The van der Waals surface area contributed by atoms with Crippen LogP contribution in [-0.4, -0.2) is 24.6 Å². The second-order valence-electron chi connectivity index (χ2n) is 5.78. The maximum Gasteiger partial charge on any atom is 0.182 e. The van der Waals surface area contributed by atoms with Crippen LogP contribution in [0.15, 0.2) is 60.7 Å². The van der Waals surface area contributed by atoms with Gasteiger partial charge in [0.05, 0.1) is 19.3 Å². The molecule has 0 bridgehead atoms. The van der Waals surface area contributed by atoms with Crippen LogP contribution in [-0.2, 0) is 32.4 Å². The lowest BCUT2D eigenvalue weighted by molar-refractivity contribution is -0.217. The van der Waals surface area contributed by atoms with Crippen LogP contribution in [0.5, 0.6) is 0 Å². The Morgan fingerprint density at radius 3 is 2.04 bits per heavy atom. The fourth-order valence-electron chi connectivity index (χ4n) is 2.45. The maximum atomic E-state index is 12.8. The summed E-state index contributed by atoms with van der Waals surface area (Å²) in [7, 11) is 0. The second kappa shape index (κ2) is 10.7. The Bertz CT molecular complexity index is 618. The first kappa shape index (κ1) is 19.2. The van der Waals surface area contributed by atoms with E-state index in [1.54, 1.807) is 0 Å². The largest absolute Gasteiger partial charge is 0.377 e. The molecule has 0 fully saturated rings. The topological polar surface area (TPSA) is 44.8 Å². The molecule has 0 saturated heterocycles. The zero-order valence-corrected chi connectivity index (χ0v) is 14.3. The lowest BCUT2D eigenvalue weighted by Gasteiger charge is -2.22. The molecule has 2 rings (SSSR count). The molecule has 2 aromatic rings. The quantitative estimate of drug-likeness (QED) is 0.576. The number of hydrogen-bond acceptors (Lipinski definition) is 4. The van der Waals surface area contributed by atoms with Gasteiger partial charge in [0.1, 0.15) is 0 Å². The molecule has 0 aliphatic carbocycles. The average molecular weight is 346 g/mol. The van der Waals surface area contributed by atoms with Crippen molar-refractivity contribution >= 4 is 5.78 Å². The molecule has 0 amide bonds. The van der Waals surface area contributed by atoms with Crippen LogP contribution in [0.3, 0.4) is 0 Å². The molecule has 2 atom stereocenters. The molecular weight excluding hydrogens is 323 g/mol. The first-order valence-corrected chi connectivity index (χ1v) is 8.25. The van der Waals surface area contributed by atoms with Crippen LogP contribution in [0.2, 0.25) is 0 Å². The van der Waals surface area contributed by atoms with E-state index in [-0.39, 0.29) is 6.61 Å². The van der Waals surface area contributed by atoms with Gasteiger partial charge in [-0.05, 0) is 22.6 Å². The van der Waals surface area contributed by atoms with Gasteiger partial charge in [0, 0.05) is 13.0 Å². The summed E-state index contributed by atoms with van der Waals surface area (Å²) in [4.78, 5) is 15.4. The Labute approximate surface area is 147 Å². The van der Waals surface area contributed by atoms with Crippen LogP contribution in [0.4, 0.5) is 4.53 Å². The molecule has 2 aromatic carbocycles. The van der Waals surface area contributed by atoms with Crippen molar-refractivity contribution in [3.63, 3.8) is 0 Å². The lowest BCUT2D eigenvalue weighted by Crippen LogP contribution is -2.36. The van der Waals surface area contributed by atoms with Gasteiger partial charge in [0.25, 0.3) is 0 Å². The summed E-state index contributed by atoms with van der Waals surface area (Å²) in [5, 5.41) is 0. The first-order valence-electron chi connectivity index (χ1n) is 8.25. The molecule has 5 heteroatoms. The highest BCUT2D eigenvalue weighted by Crippen LogP contribution is 2.14. The zero-order valence-electron chi connectivity index (χ0n) is 14.3. The van der Waals surface area contributed by atoms with Crippen molar-refractivity contribution in [2.24, 2.45) is 0 Å². The molecule has 0 radical (unpaired) electrons. The molecule has 0 heterocycles. The molecule has 0 aromatic heterocycles. The number of ketones is 1. The van der Waals surface area contributed by atoms with Gasteiger partial charge in [-0.15, -0.1) is 0 Å². The number of halogens is 1. The highest BCUT2D eigenvalue weighted by Gasteiger charge is 2.28. The number of rotatable bonds is 11. The normalized spacial score (nSPS) is 13.4. The van der Waals surface area contributed by atoms with Crippen molar-refractivity contribution in [3.05, 3.63) is 71.8 Å².